The monoisotopic (exact) mass is 186 g/mol. The van der Waals surface area contributed by atoms with Gasteiger partial charge in [0.15, 0.2) is 0 Å². The average molecular weight is 186 g/mol. The molecule has 0 spiro atoms. The summed E-state index contributed by atoms with van der Waals surface area (Å²) in [5, 5.41) is 1.45. The van der Waals surface area contributed by atoms with Gasteiger partial charge in [0.2, 0.25) is 0 Å². The summed E-state index contributed by atoms with van der Waals surface area (Å²) < 4.78 is 48.0. The van der Waals surface area contributed by atoms with Gasteiger partial charge < -0.3 is 5.73 Å². The van der Waals surface area contributed by atoms with Crippen LogP contribution in [-0.2, 0) is 4.79 Å². The fraction of sp³-hybridized carbons (Fsp3) is 0.667. The van der Waals surface area contributed by atoms with Gasteiger partial charge in [-0.1, -0.05) is 0 Å². The second kappa shape index (κ2) is 2.86. The number of hydrogen-bond acceptors (Lipinski definition) is 2. The first-order valence-corrected chi connectivity index (χ1v) is 2.37. The maximum Gasteiger partial charge on any atom is 0.396 e. The van der Waals surface area contributed by atoms with Crippen molar-refractivity contribution in [2.45, 2.75) is 12.0 Å². The van der Waals surface area contributed by atoms with E-state index in [-0.39, 0.29) is 0 Å². The zero-order chi connectivity index (χ0) is 9.99. The average Bonchev–Trinajstić information content (AvgIpc) is 1.86. The molecule has 5 nitrogen and oxygen atoms in total. The molecule has 0 fully saturated rings. The number of alkyl halides is 4. The summed E-state index contributed by atoms with van der Waals surface area (Å²) >= 11 is 0. The van der Waals surface area contributed by atoms with Crippen molar-refractivity contribution in [1.82, 2.24) is 0 Å². The first-order valence-electron chi connectivity index (χ1n) is 2.37. The summed E-state index contributed by atoms with van der Waals surface area (Å²) in [5.74, 6) is -7.72. The molecule has 0 aromatic heterocycles. The van der Waals surface area contributed by atoms with Gasteiger partial charge in [-0.05, 0) is 10.6 Å². The molecule has 0 aliphatic rings. The molecule has 0 radical (unpaired) electrons. The van der Waals surface area contributed by atoms with Crippen LogP contribution in [-0.4, -0.2) is 17.9 Å². The van der Waals surface area contributed by atoms with Gasteiger partial charge in [-0.2, -0.15) is 17.6 Å². The molecule has 0 aromatic rings. The third-order valence-corrected chi connectivity index (χ3v) is 0.858. The molecular formula is C3H2F4N4O. The van der Waals surface area contributed by atoms with E-state index in [1.807, 2.05) is 0 Å². The Kier molecular flexibility index (Phi) is 2.50. The second-order valence-electron chi connectivity index (χ2n) is 1.67. The molecule has 0 saturated carbocycles. The predicted octanol–water partition coefficient (Wildman–Crippen LogP) is 1.01. The summed E-state index contributed by atoms with van der Waals surface area (Å²) in [6.07, 6.45) is 0. The minimum atomic E-state index is -5.17. The molecule has 1 amide bonds. The normalized spacial score (nSPS) is 12.0. The van der Waals surface area contributed by atoms with Crippen LogP contribution >= 0.6 is 0 Å². The molecular weight excluding hydrogens is 184 g/mol. The lowest BCUT2D eigenvalue weighted by Gasteiger charge is -2.18. The topological polar surface area (TPSA) is 91.8 Å². The Morgan fingerprint density at radius 2 is 1.83 bits per heavy atom. The first kappa shape index (κ1) is 10.5. The number of hydrogen-bond donors (Lipinski definition) is 1. The first-order chi connectivity index (χ1) is 5.25. The molecule has 0 atom stereocenters. The van der Waals surface area contributed by atoms with Crippen molar-refractivity contribution in [1.29, 1.82) is 0 Å². The highest BCUT2D eigenvalue weighted by Crippen LogP contribution is 2.34. The molecule has 0 unspecified atom stereocenters. The van der Waals surface area contributed by atoms with Gasteiger partial charge in [-0.15, -0.1) is 0 Å². The van der Waals surface area contributed by atoms with Crippen LogP contribution < -0.4 is 5.73 Å². The number of azide groups is 1. The smallest absolute Gasteiger partial charge is 0.364 e. The number of nitrogens with two attached hydrogens (primary N) is 1. The Morgan fingerprint density at radius 1 is 1.42 bits per heavy atom. The number of halogens is 4. The molecule has 0 saturated heterocycles. The van der Waals surface area contributed by atoms with Gasteiger partial charge in [-0.3, -0.25) is 4.79 Å². The van der Waals surface area contributed by atoms with Crippen molar-refractivity contribution >= 4 is 5.91 Å². The molecule has 9 heteroatoms. The maximum atomic E-state index is 12.0. The summed E-state index contributed by atoms with van der Waals surface area (Å²) in [6, 6.07) is -5.13. The van der Waals surface area contributed by atoms with E-state index >= 15 is 0 Å². The minimum absolute atomic E-state index is 1.44. The Morgan fingerprint density at radius 3 is 2.08 bits per heavy atom. The molecule has 12 heavy (non-hydrogen) atoms. The Balaban J connectivity index is 5.00. The number of carbonyl (C=O) groups is 1. The fourth-order valence-electron chi connectivity index (χ4n) is 0.267. The highest BCUT2D eigenvalue weighted by atomic mass is 19.3. The predicted molar refractivity (Wildman–Crippen MR) is 28.2 cm³/mol. The van der Waals surface area contributed by atoms with E-state index in [1.165, 1.54) is 10.0 Å². The van der Waals surface area contributed by atoms with E-state index in [0.29, 0.717) is 0 Å². The molecule has 0 rings (SSSR count). The van der Waals surface area contributed by atoms with Crippen molar-refractivity contribution in [3.63, 3.8) is 0 Å². The van der Waals surface area contributed by atoms with Crippen molar-refractivity contribution in [2.24, 2.45) is 10.8 Å². The minimum Gasteiger partial charge on any atom is -0.364 e. The SMILES string of the molecule is [N-]=[N+]=NC(F)(F)C(F)(F)C(N)=O. The van der Waals surface area contributed by atoms with E-state index in [0.717, 1.165) is 0 Å². The lowest BCUT2D eigenvalue weighted by Crippen LogP contribution is -2.49. The maximum absolute atomic E-state index is 12.0. The van der Waals surface area contributed by atoms with Crippen molar-refractivity contribution in [3.05, 3.63) is 10.4 Å². The largest absolute Gasteiger partial charge is 0.396 e. The molecule has 0 heterocycles. The Hall–Kier alpha value is -1.50. The van der Waals surface area contributed by atoms with E-state index in [4.69, 9.17) is 5.53 Å². The molecule has 0 aliphatic carbocycles. The highest BCUT2D eigenvalue weighted by molar-refractivity contribution is 5.82. The van der Waals surface area contributed by atoms with Gasteiger partial charge in [0, 0.05) is 4.91 Å². The quantitative estimate of drug-likeness (QED) is 0.230. The number of rotatable bonds is 3. The van der Waals surface area contributed by atoms with E-state index in [9.17, 15) is 22.4 Å². The molecule has 68 valence electrons. The fourth-order valence-corrected chi connectivity index (χ4v) is 0.267. The van der Waals surface area contributed by atoms with Crippen LogP contribution in [0.1, 0.15) is 0 Å². The van der Waals surface area contributed by atoms with Gasteiger partial charge in [-0.25, -0.2) is 0 Å². The van der Waals surface area contributed by atoms with Gasteiger partial charge in [0.1, 0.15) is 0 Å². The standard InChI is InChI=1S/C3H2F4N4O/c4-2(5,1(8)12)3(6,7)10-11-9/h(H2,8,12). The van der Waals surface area contributed by atoms with Crippen LogP contribution in [0.15, 0.2) is 5.11 Å². The molecule has 2 N–H and O–H groups in total. The van der Waals surface area contributed by atoms with Crippen molar-refractivity contribution in [3.8, 4) is 0 Å². The summed E-state index contributed by atoms with van der Waals surface area (Å²) in [5.41, 5.74) is 11.4. The van der Waals surface area contributed by atoms with Crippen LogP contribution in [0, 0.1) is 0 Å². The highest BCUT2D eigenvalue weighted by Gasteiger charge is 2.60. The molecule has 0 aliphatic heterocycles. The third kappa shape index (κ3) is 1.56. The number of primary amides is 1. The Labute approximate surface area is 62.8 Å². The van der Waals surface area contributed by atoms with Crippen LogP contribution in [0.4, 0.5) is 17.6 Å². The number of carbonyl (C=O) groups excluding carboxylic acids is 1. The molecule has 0 bridgehead atoms. The van der Waals surface area contributed by atoms with Crippen LogP contribution in [0.3, 0.4) is 0 Å². The van der Waals surface area contributed by atoms with E-state index in [1.54, 1.807) is 0 Å². The summed E-state index contributed by atoms with van der Waals surface area (Å²) in [6.45, 7) is 0. The second-order valence-corrected chi connectivity index (χ2v) is 1.67. The summed E-state index contributed by atoms with van der Waals surface area (Å²) in [4.78, 5) is 11.2. The van der Waals surface area contributed by atoms with Crippen LogP contribution in [0.25, 0.3) is 10.4 Å². The van der Waals surface area contributed by atoms with Gasteiger partial charge in [0.25, 0.3) is 5.91 Å². The Bertz CT molecular complexity index is 233. The van der Waals surface area contributed by atoms with Gasteiger partial charge in [0.05, 0.1) is 0 Å². The lowest BCUT2D eigenvalue weighted by atomic mass is 10.3. The van der Waals surface area contributed by atoms with Crippen molar-refractivity contribution in [2.75, 3.05) is 0 Å². The molecule has 0 aromatic carbocycles. The summed E-state index contributed by atoms with van der Waals surface area (Å²) in [7, 11) is 0. The van der Waals surface area contributed by atoms with E-state index < -0.39 is 17.9 Å². The number of nitrogens with zero attached hydrogens (tertiary/aromatic N) is 3. The van der Waals surface area contributed by atoms with Crippen molar-refractivity contribution < 1.29 is 22.4 Å². The zero-order valence-corrected chi connectivity index (χ0v) is 5.34. The lowest BCUT2D eigenvalue weighted by molar-refractivity contribution is -0.204. The van der Waals surface area contributed by atoms with Crippen LogP contribution in [0.5, 0.6) is 0 Å². The zero-order valence-electron chi connectivity index (χ0n) is 5.34. The van der Waals surface area contributed by atoms with Crippen LogP contribution in [0.2, 0.25) is 0 Å². The third-order valence-electron chi connectivity index (χ3n) is 0.858. The van der Waals surface area contributed by atoms with E-state index in [2.05, 4.69) is 5.73 Å². The van der Waals surface area contributed by atoms with Gasteiger partial charge >= 0.3 is 12.0 Å². The number of amides is 1.